The molecule has 0 saturated carbocycles. The van der Waals surface area contributed by atoms with Crippen LogP contribution in [0.15, 0.2) is 41.3 Å². The first-order chi connectivity index (χ1) is 11.8. The molecule has 1 aromatic heterocycles. The van der Waals surface area contributed by atoms with Gasteiger partial charge in [0.15, 0.2) is 0 Å². The quantitative estimate of drug-likeness (QED) is 0.698. The summed E-state index contributed by atoms with van der Waals surface area (Å²) in [6.45, 7) is 6.20. The Morgan fingerprint density at radius 3 is 2.56 bits per heavy atom. The smallest absolute Gasteiger partial charge is 0.240 e. The molecule has 0 fully saturated rings. The van der Waals surface area contributed by atoms with Crippen LogP contribution < -0.4 is 4.72 Å². The van der Waals surface area contributed by atoms with Crippen LogP contribution in [-0.2, 0) is 16.4 Å². The topological polar surface area (TPSA) is 62.0 Å². The van der Waals surface area contributed by atoms with Crippen LogP contribution in [0, 0.1) is 20.8 Å². The molecule has 0 amide bonds. The summed E-state index contributed by atoms with van der Waals surface area (Å²) in [5, 5.41) is 1.71. The second-order valence-electron chi connectivity index (χ2n) is 6.34. The minimum absolute atomic E-state index is 0.237. The predicted molar refractivity (Wildman–Crippen MR) is 103 cm³/mol. The average molecular weight is 377 g/mol. The van der Waals surface area contributed by atoms with Crippen molar-refractivity contribution < 1.29 is 8.42 Å². The van der Waals surface area contributed by atoms with E-state index in [0.29, 0.717) is 18.0 Å². The first-order valence-corrected chi connectivity index (χ1v) is 9.97. The minimum Gasteiger partial charge on any atom is -0.358 e. The van der Waals surface area contributed by atoms with Crippen molar-refractivity contribution in [1.29, 1.82) is 0 Å². The maximum atomic E-state index is 12.5. The summed E-state index contributed by atoms with van der Waals surface area (Å²) in [5.74, 6) is 0. The molecule has 25 heavy (non-hydrogen) atoms. The molecule has 0 aliphatic rings. The van der Waals surface area contributed by atoms with Gasteiger partial charge in [0.05, 0.1) is 4.90 Å². The first kappa shape index (κ1) is 18.0. The molecule has 0 spiro atoms. The summed E-state index contributed by atoms with van der Waals surface area (Å²) < 4.78 is 27.6. The molecule has 0 unspecified atom stereocenters. The number of sulfonamides is 1. The van der Waals surface area contributed by atoms with Crippen molar-refractivity contribution in [3.8, 4) is 0 Å². The molecule has 0 bridgehead atoms. The second kappa shape index (κ2) is 6.83. The maximum Gasteiger partial charge on any atom is 0.240 e. The molecule has 3 rings (SSSR count). The highest BCUT2D eigenvalue weighted by Gasteiger charge is 2.15. The fourth-order valence-electron chi connectivity index (χ4n) is 3.00. The normalized spacial score (nSPS) is 12.0. The lowest BCUT2D eigenvalue weighted by Gasteiger charge is -2.08. The molecular weight excluding hydrogens is 356 g/mol. The summed E-state index contributed by atoms with van der Waals surface area (Å²) in [5.41, 5.74) is 5.22. The zero-order valence-corrected chi connectivity index (χ0v) is 16.1. The third kappa shape index (κ3) is 3.73. The van der Waals surface area contributed by atoms with Crippen LogP contribution in [-0.4, -0.2) is 19.9 Å². The summed E-state index contributed by atoms with van der Waals surface area (Å²) in [6, 6.07) is 11.0. The number of halogens is 1. The Labute approximate surface area is 153 Å². The molecule has 132 valence electrons. The molecule has 0 atom stereocenters. The SMILES string of the molecule is Cc1ccc2[nH]c(C)c(CCNS(=O)(=O)c3ccc(Cl)c(C)c3)c2c1. The number of benzene rings is 2. The van der Waals surface area contributed by atoms with E-state index < -0.39 is 10.0 Å². The van der Waals surface area contributed by atoms with Crippen LogP contribution in [0.25, 0.3) is 10.9 Å². The van der Waals surface area contributed by atoms with E-state index in [-0.39, 0.29) is 4.90 Å². The van der Waals surface area contributed by atoms with Crippen molar-refractivity contribution in [2.24, 2.45) is 0 Å². The number of nitrogens with one attached hydrogen (secondary N) is 2. The Morgan fingerprint density at radius 2 is 1.84 bits per heavy atom. The first-order valence-electron chi connectivity index (χ1n) is 8.11. The molecule has 0 radical (unpaired) electrons. The van der Waals surface area contributed by atoms with Crippen molar-refractivity contribution in [3.63, 3.8) is 0 Å². The van der Waals surface area contributed by atoms with Gasteiger partial charge >= 0.3 is 0 Å². The van der Waals surface area contributed by atoms with Crippen molar-refractivity contribution in [1.82, 2.24) is 9.71 Å². The zero-order valence-electron chi connectivity index (χ0n) is 14.5. The number of aromatic amines is 1. The van der Waals surface area contributed by atoms with Crippen LogP contribution in [0.4, 0.5) is 0 Å². The van der Waals surface area contributed by atoms with Crippen LogP contribution in [0.2, 0.25) is 5.02 Å². The fourth-order valence-corrected chi connectivity index (χ4v) is 4.23. The van der Waals surface area contributed by atoms with Gasteiger partial charge in [-0.05, 0) is 68.7 Å². The molecule has 0 aliphatic carbocycles. The highest BCUT2D eigenvalue weighted by molar-refractivity contribution is 7.89. The van der Waals surface area contributed by atoms with E-state index in [0.717, 1.165) is 27.7 Å². The number of aryl methyl sites for hydroxylation is 3. The zero-order chi connectivity index (χ0) is 18.2. The van der Waals surface area contributed by atoms with Crippen molar-refractivity contribution in [2.75, 3.05) is 6.54 Å². The van der Waals surface area contributed by atoms with Gasteiger partial charge in [-0.3, -0.25) is 0 Å². The molecule has 6 heteroatoms. The standard InChI is InChI=1S/C19H21ClN2O2S/c1-12-4-7-19-17(10-12)16(14(3)22-19)8-9-21-25(23,24)15-5-6-18(20)13(2)11-15/h4-7,10-11,21-22H,8-9H2,1-3H3. The predicted octanol–water partition coefficient (Wildman–Crippen LogP) is 4.27. The van der Waals surface area contributed by atoms with Crippen LogP contribution >= 0.6 is 11.6 Å². The van der Waals surface area contributed by atoms with Gasteiger partial charge in [0.2, 0.25) is 10.0 Å². The van der Waals surface area contributed by atoms with Gasteiger partial charge in [0.25, 0.3) is 0 Å². The molecule has 4 nitrogen and oxygen atoms in total. The largest absolute Gasteiger partial charge is 0.358 e. The van der Waals surface area contributed by atoms with Gasteiger partial charge in [0.1, 0.15) is 0 Å². The lowest BCUT2D eigenvalue weighted by atomic mass is 10.1. The van der Waals surface area contributed by atoms with Crippen LogP contribution in [0.3, 0.4) is 0 Å². The Bertz CT molecular complexity index is 1040. The van der Waals surface area contributed by atoms with E-state index in [1.807, 2.05) is 6.92 Å². The van der Waals surface area contributed by atoms with Crippen molar-refractivity contribution in [2.45, 2.75) is 32.1 Å². The van der Waals surface area contributed by atoms with Crippen LogP contribution in [0.1, 0.15) is 22.4 Å². The van der Waals surface area contributed by atoms with Gasteiger partial charge in [-0.15, -0.1) is 0 Å². The summed E-state index contributed by atoms with van der Waals surface area (Å²) in [7, 11) is -3.55. The van der Waals surface area contributed by atoms with Gasteiger partial charge in [-0.2, -0.15) is 0 Å². The number of fused-ring (bicyclic) bond motifs is 1. The monoisotopic (exact) mass is 376 g/mol. The Balaban J connectivity index is 1.77. The van der Waals surface area contributed by atoms with Gasteiger partial charge in [0, 0.05) is 28.2 Å². The molecule has 2 N–H and O–H groups in total. The summed E-state index contributed by atoms with van der Waals surface area (Å²) >= 11 is 5.97. The maximum absolute atomic E-state index is 12.5. The molecular formula is C19H21ClN2O2S. The lowest BCUT2D eigenvalue weighted by Crippen LogP contribution is -2.26. The van der Waals surface area contributed by atoms with E-state index in [1.54, 1.807) is 19.1 Å². The van der Waals surface area contributed by atoms with Crippen LogP contribution in [0.5, 0.6) is 0 Å². The average Bonchev–Trinajstić information content (AvgIpc) is 2.85. The number of H-pyrrole nitrogens is 1. The Morgan fingerprint density at radius 1 is 1.08 bits per heavy atom. The van der Waals surface area contributed by atoms with E-state index in [1.165, 1.54) is 11.6 Å². The molecule has 1 heterocycles. The molecule has 0 saturated heterocycles. The van der Waals surface area contributed by atoms with E-state index >= 15 is 0 Å². The Hall–Kier alpha value is -1.82. The van der Waals surface area contributed by atoms with E-state index in [2.05, 4.69) is 34.8 Å². The van der Waals surface area contributed by atoms with E-state index in [4.69, 9.17) is 11.6 Å². The van der Waals surface area contributed by atoms with Crippen molar-refractivity contribution >= 4 is 32.5 Å². The number of hydrogen-bond acceptors (Lipinski definition) is 2. The number of rotatable bonds is 5. The summed E-state index contributed by atoms with van der Waals surface area (Å²) in [4.78, 5) is 3.59. The molecule has 0 aliphatic heterocycles. The number of aromatic nitrogens is 1. The Kier molecular flexibility index (Phi) is 4.91. The van der Waals surface area contributed by atoms with Gasteiger partial charge < -0.3 is 4.98 Å². The number of hydrogen-bond donors (Lipinski definition) is 2. The highest BCUT2D eigenvalue weighted by atomic mass is 35.5. The van der Waals surface area contributed by atoms with Gasteiger partial charge in [-0.1, -0.05) is 23.2 Å². The lowest BCUT2D eigenvalue weighted by molar-refractivity contribution is 0.581. The summed E-state index contributed by atoms with van der Waals surface area (Å²) in [6.07, 6.45) is 0.626. The third-order valence-corrected chi connectivity index (χ3v) is 6.26. The van der Waals surface area contributed by atoms with E-state index in [9.17, 15) is 8.42 Å². The fraction of sp³-hybridized carbons (Fsp3) is 0.263. The third-order valence-electron chi connectivity index (χ3n) is 4.38. The highest BCUT2D eigenvalue weighted by Crippen LogP contribution is 2.24. The second-order valence-corrected chi connectivity index (χ2v) is 8.51. The molecule has 3 aromatic rings. The molecule has 2 aromatic carbocycles. The van der Waals surface area contributed by atoms with Gasteiger partial charge in [-0.25, -0.2) is 13.1 Å². The minimum atomic E-state index is -3.55. The van der Waals surface area contributed by atoms with Crippen molar-refractivity contribution in [3.05, 3.63) is 63.8 Å².